The van der Waals surface area contributed by atoms with Crippen molar-refractivity contribution in [1.29, 1.82) is 0 Å². The van der Waals surface area contributed by atoms with Gasteiger partial charge in [0.1, 0.15) is 17.2 Å². The highest BCUT2D eigenvalue weighted by Gasteiger charge is 2.30. The molecule has 3 N–H and O–H groups in total. The molecule has 1 aliphatic heterocycles. The lowest BCUT2D eigenvalue weighted by Gasteiger charge is -2.25. The average Bonchev–Trinajstić information content (AvgIpc) is 3.72. The number of anilines is 3. The van der Waals surface area contributed by atoms with Crippen LogP contribution in [-0.2, 0) is 9.53 Å². The highest BCUT2D eigenvalue weighted by molar-refractivity contribution is 6.03. The van der Waals surface area contributed by atoms with Gasteiger partial charge < -0.3 is 30.0 Å². The van der Waals surface area contributed by atoms with E-state index in [0.717, 1.165) is 78.9 Å². The highest BCUT2D eigenvalue weighted by atomic mass is 16.5. The number of benzene rings is 1. The van der Waals surface area contributed by atoms with E-state index < -0.39 is 0 Å². The summed E-state index contributed by atoms with van der Waals surface area (Å²) in [7, 11) is 1.75. The van der Waals surface area contributed by atoms with Gasteiger partial charge in [0, 0.05) is 74.6 Å². The van der Waals surface area contributed by atoms with Gasteiger partial charge in [0.05, 0.1) is 11.7 Å². The third kappa shape index (κ3) is 4.82. The zero-order valence-electron chi connectivity index (χ0n) is 21.1. The zero-order chi connectivity index (χ0) is 25.4. The molecule has 0 radical (unpaired) electrons. The van der Waals surface area contributed by atoms with E-state index in [-0.39, 0.29) is 17.9 Å². The number of hydrogen-bond acceptors (Lipinski definition) is 9. The summed E-state index contributed by atoms with van der Waals surface area (Å²) in [6.07, 6.45) is 5.50. The number of carbonyl (C=O) groups excluding carboxylic acids is 1. The van der Waals surface area contributed by atoms with E-state index in [2.05, 4.69) is 43.0 Å². The standard InChI is InChI=1S/C27H31N7O3/c1-3-29-25-20-13-30-24(33-26(35)16-4-5-16)11-19(20)21(14-31-25)27-32-22-10-17(6-7-23(22)37-27)34-9-8-28-12-18(15-34)36-2/h6-7,10-11,13-14,16,18,28H,3-5,8-9,12,15H2,1-2H3,(H,29,31)(H,30,33,35). The van der Waals surface area contributed by atoms with Crippen LogP contribution in [0, 0.1) is 5.92 Å². The SMILES string of the molecule is CCNc1ncc(-c2nc3cc(N4CCNCC(OC)C4)ccc3o2)c2cc(NC(=O)C3CC3)ncc12. The summed E-state index contributed by atoms with van der Waals surface area (Å²) in [5.74, 6) is 1.83. The van der Waals surface area contributed by atoms with Crippen molar-refractivity contribution in [3.8, 4) is 11.5 Å². The predicted octanol–water partition coefficient (Wildman–Crippen LogP) is 3.64. The molecule has 1 aliphatic carbocycles. The lowest BCUT2D eigenvalue weighted by atomic mass is 10.1. The van der Waals surface area contributed by atoms with Crippen LogP contribution in [0.3, 0.4) is 0 Å². The number of pyridine rings is 2. The van der Waals surface area contributed by atoms with E-state index in [4.69, 9.17) is 14.1 Å². The van der Waals surface area contributed by atoms with Crippen LogP contribution < -0.4 is 20.9 Å². The molecule has 4 aromatic rings. The van der Waals surface area contributed by atoms with Crippen LogP contribution in [0.25, 0.3) is 33.3 Å². The Balaban J connectivity index is 1.38. The molecule has 37 heavy (non-hydrogen) atoms. The second-order valence-electron chi connectivity index (χ2n) is 9.61. The number of aromatic nitrogens is 3. The number of methoxy groups -OCH3 is 1. The Labute approximate surface area is 214 Å². The maximum absolute atomic E-state index is 12.4. The highest BCUT2D eigenvalue weighted by Crippen LogP contribution is 2.35. The molecule has 2 aliphatic rings. The normalized spacial score (nSPS) is 18.2. The maximum Gasteiger partial charge on any atom is 0.229 e. The molecule has 1 aromatic carbocycles. The molecule has 2 fully saturated rings. The van der Waals surface area contributed by atoms with Gasteiger partial charge in [0.15, 0.2) is 5.58 Å². The van der Waals surface area contributed by atoms with Gasteiger partial charge in [-0.2, -0.15) is 0 Å². The Kier molecular flexibility index (Phi) is 6.35. The minimum atomic E-state index is 0.0168. The van der Waals surface area contributed by atoms with Gasteiger partial charge in [-0.1, -0.05) is 0 Å². The summed E-state index contributed by atoms with van der Waals surface area (Å²) in [6, 6.07) is 7.97. The van der Waals surface area contributed by atoms with E-state index in [0.29, 0.717) is 17.3 Å². The predicted molar refractivity (Wildman–Crippen MR) is 144 cm³/mol. The van der Waals surface area contributed by atoms with Crippen molar-refractivity contribution in [2.45, 2.75) is 25.9 Å². The monoisotopic (exact) mass is 501 g/mol. The molecule has 0 spiro atoms. The summed E-state index contributed by atoms with van der Waals surface area (Å²) in [6.45, 7) is 6.17. The van der Waals surface area contributed by atoms with E-state index in [1.54, 1.807) is 19.5 Å². The van der Waals surface area contributed by atoms with Gasteiger partial charge in [0.2, 0.25) is 11.8 Å². The van der Waals surface area contributed by atoms with E-state index in [1.807, 2.05) is 19.1 Å². The number of amides is 1. The topological polar surface area (TPSA) is 117 Å². The van der Waals surface area contributed by atoms with Crippen molar-refractivity contribution in [2.24, 2.45) is 5.92 Å². The van der Waals surface area contributed by atoms with Crippen LogP contribution in [0.15, 0.2) is 41.1 Å². The number of carbonyl (C=O) groups is 1. The Morgan fingerprint density at radius 2 is 2.11 bits per heavy atom. The first-order valence-corrected chi connectivity index (χ1v) is 12.9. The first-order chi connectivity index (χ1) is 18.1. The molecule has 1 saturated heterocycles. The second kappa shape index (κ2) is 9.95. The molecule has 192 valence electrons. The van der Waals surface area contributed by atoms with Crippen LogP contribution in [-0.4, -0.2) is 66.8 Å². The first-order valence-electron chi connectivity index (χ1n) is 12.9. The van der Waals surface area contributed by atoms with Gasteiger partial charge in [-0.15, -0.1) is 0 Å². The summed E-state index contributed by atoms with van der Waals surface area (Å²) >= 11 is 0. The minimum absolute atomic E-state index is 0.0168. The molecule has 0 bridgehead atoms. The smallest absolute Gasteiger partial charge is 0.229 e. The number of fused-ring (bicyclic) bond motifs is 2. The van der Waals surface area contributed by atoms with Gasteiger partial charge >= 0.3 is 0 Å². The average molecular weight is 502 g/mol. The molecule has 10 heteroatoms. The number of hydrogen-bond donors (Lipinski definition) is 3. The second-order valence-corrected chi connectivity index (χ2v) is 9.61. The van der Waals surface area contributed by atoms with Gasteiger partial charge in [-0.25, -0.2) is 15.0 Å². The Morgan fingerprint density at radius 3 is 2.92 bits per heavy atom. The fourth-order valence-corrected chi connectivity index (χ4v) is 4.75. The van der Waals surface area contributed by atoms with Crippen LogP contribution >= 0.6 is 0 Å². The molecule has 1 atom stereocenters. The molecule has 1 saturated carbocycles. The Bertz CT molecular complexity index is 1450. The summed E-state index contributed by atoms with van der Waals surface area (Å²) in [5.41, 5.74) is 3.31. The number of rotatable bonds is 7. The Hall–Kier alpha value is -3.76. The van der Waals surface area contributed by atoms with Gasteiger partial charge in [-0.05, 0) is 44.0 Å². The summed E-state index contributed by atoms with van der Waals surface area (Å²) in [4.78, 5) is 28.6. The van der Waals surface area contributed by atoms with Crippen molar-refractivity contribution < 1.29 is 13.9 Å². The lowest BCUT2D eigenvalue weighted by Crippen LogP contribution is -2.34. The molecule has 4 heterocycles. The van der Waals surface area contributed by atoms with E-state index in [9.17, 15) is 4.79 Å². The Morgan fingerprint density at radius 1 is 1.22 bits per heavy atom. The van der Waals surface area contributed by atoms with Crippen molar-refractivity contribution >= 4 is 45.1 Å². The van der Waals surface area contributed by atoms with Crippen LogP contribution in [0.5, 0.6) is 0 Å². The van der Waals surface area contributed by atoms with Crippen LogP contribution in [0.1, 0.15) is 19.8 Å². The largest absolute Gasteiger partial charge is 0.436 e. The van der Waals surface area contributed by atoms with E-state index >= 15 is 0 Å². The van der Waals surface area contributed by atoms with Crippen molar-refractivity contribution in [2.75, 3.05) is 55.4 Å². The number of ether oxygens (including phenoxy) is 1. The number of nitrogens with one attached hydrogen (secondary N) is 3. The molecular weight excluding hydrogens is 470 g/mol. The van der Waals surface area contributed by atoms with E-state index in [1.165, 1.54) is 0 Å². The quantitative estimate of drug-likeness (QED) is 0.349. The zero-order valence-corrected chi connectivity index (χ0v) is 21.1. The summed E-state index contributed by atoms with van der Waals surface area (Å²) < 4.78 is 11.8. The molecule has 6 rings (SSSR count). The molecular formula is C27H31N7O3. The molecule has 3 aromatic heterocycles. The van der Waals surface area contributed by atoms with Crippen molar-refractivity contribution in [3.05, 3.63) is 36.7 Å². The lowest BCUT2D eigenvalue weighted by molar-refractivity contribution is -0.117. The maximum atomic E-state index is 12.4. The third-order valence-corrected chi connectivity index (χ3v) is 6.97. The van der Waals surface area contributed by atoms with Crippen LogP contribution in [0.2, 0.25) is 0 Å². The molecule has 1 amide bonds. The fourth-order valence-electron chi connectivity index (χ4n) is 4.75. The molecule has 1 unspecified atom stereocenters. The molecule has 10 nitrogen and oxygen atoms in total. The van der Waals surface area contributed by atoms with Crippen LogP contribution in [0.4, 0.5) is 17.3 Å². The summed E-state index contributed by atoms with van der Waals surface area (Å²) in [5, 5.41) is 11.4. The number of nitrogens with zero attached hydrogens (tertiary/aromatic N) is 4. The fraction of sp³-hybridized carbons (Fsp3) is 0.407. The third-order valence-electron chi connectivity index (χ3n) is 6.97. The van der Waals surface area contributed by atoms with Crippen molar-refractivity contribution in [3.63, 3.8) is 0 Å². The first kappa shape index (κ1) is 23.6. The van der Waals surface area contributed by atoms with Gasteiger partial charge in [0.25, 0.3) is 0 Å². The van der Waals surface area contributed by atoms with Gasteiger partial charge in [-0.3, -0.25) is 4.79 Å². The number of oxazole rings is 1. The minimum Gasteiger partial charge on any atom is -0.436 e. The van der Waals surface area contributed by atoms with Crippen molar-refractivity contribution in [1.82, 2.24) is 20.3 Å².